The van der Waals surface area contributed by atoms with Gasteiger partial charge in [0.15, 0.2) is 0 Å². The molecule has 0 bridgehead atoms. The molecule has 1 aromatic carbocycles. The van der Waals surface area contributed by atoms with E-state index in [1.54, 1.807) is 0 Å². The molecule has 0 aliphatic heterocycles. The summed E-state index contributed by atoms with van der Waals surface area (Å²) in [5.41, 5.74) is 3.09. The number of methoxy groups -OCH3 is 1. The van der Waals surface area contributed by atoms with E-state index in [1.807, 2.05) is 24.3 Å². The van der Waals surface area contributed by atoms with E-state index in [1.165, 1.54) is 26.2 Å². The lowest BCUT2D eigenvalue weighted by molar-refractivity contribution is 0.171. The molecule has 0 spiro atoms. The molecule has 19 heavy (non-hydrogen) atoms. The minimum atomic E-state index is -0.591. The summed E-state index contributed by atoms with van der Waals surface area (Å²) in [4.78, 5) is 10.8. The van der Waals surface area contributed by atoms with Crippen LogP contribution in [0.15, 0.2) is 29.4 Å². The Morgan fingerprint density at radius 3 is 2.68 bits per heavy atom. The van der Waals surface area contributed by atoms with E-state index in [4.69, 9.17) is 4.74 Å². The SMILES string of the molecule is CCCCCOc1ccc(/C=N/NC(=O)OC)cc1. The second kappa shape index (κ2) is 8.97. The molecule has 1 aromatic rings. The van der Waals surface area contributed by atoms with Crippen LogP contribution in [0.25, 0.3) is 0 Å². The molecule has 1 amide bonds. The lowest BCUT2D eigenvalue weighted by Crippen LogP contribution is -2.16. The first-order valence-corrected chi connectivity index (χ1v) is 6.36. The van der Waals surface area contributed by atoms with Gasteiger partial charge in [0.05, 0.1) is 19.9 Å². The van der Waals surface area contributed by atoms with Gasteiger partial charge in [0.2, 0.25) is 0 Å². The van der Waals surface area contributed by atoms with Crippen LogP contribution in [-0.4, -0.2) is 26.0 Å². The van der Waals surface area contributed by atoms with Crippen molar-refractivity contribution in [1.29, 1.82) is 0 Å². The number of carbonyl (C=O) groups is 1. The third-order valence-corrected chi connectivity index (χ3v) is 2.45. The number of carbonyl (C=O) groups excluding carboxylic acids is 1. The highest BCUT2D eigenvalue weighted by atomic mass is 16.5. The summed E-state index contributed by atoms with van der Waals surface area (Å²) >= 11 is 0. The first kappa shape index (κ1) is 15.0. The summed E-state index contributed by atoms with van der Waals surface area (Å²) in [5.74, 6) is 0.842. The summed E-state index contributed by atoms with van der Waals surface area (Å²) in [5, 5.41) is 3.74. The second-order valence-corrected chi connectivity index (χ2v) is 3.99. The van der Waals surface area contributed by atoms with E-state index in [-0.39, 0.29) is 0 Å². The Kier molecular flexibility index (Phi) is 7.09. The van der Waals surface area contributed by atoms with E-state index in [0.717, 1.165) is 24.3 Å². The van der Waals surface area contributed by atoms with Crippen molar-refractivity contribution in [2.75, 3.05) is 13.7 Å². The standard InChI is InChI=1S/C14H20N2O3/c1-3-4-5-10-19-13-8-6-12(7-9-13)11-15-16-14(17)18-2/h6-9,11H,3-5,10H2,1-2H3,(H,16,17)/b15-11+. The highest BCUT2D eigenvalue weighted by Crippen LogP contribution is 2.11. The number of nitrogens with zero attached hydrogens (tertiary/aromatic N) is 1. The molecular weight excluding hydrogens is 244 g/mol. The maximum Gasteiger partial charge on any atom is 0.427 e. The molecule has 0 unspecified atom stereocenters. The Labute approximate surface area is 113 Å². The molecule has 1 rings (SSSR count). The van der Waals surface area contributed by atoms with E-state index in [2.05, 4.69) is 22.2 Å². The van der Waals surface area contributed by atoms with Crippen molar-refractivity contribution in [1.82, 2.24) is 5.43 Å². The van der Waals surface area contributed by atoms with Gasteiger partial charge in [-0.15, -0.1) is 0 Å². The highest BCUT2D eigenvalue weighted by molar-refractivity contribution is 5.80. The van der Waals surface area contributed by atoms with Crippen molar-refractivity contribution >= 4 is 12.3 Å². The van der Waals surface area contributed by atoms with Gasteiger partial charge in [-0.1, -0.05) is 19.8 Å². The minimum Gasteiger partial charge on any atom is -0.494 e. The number of ether oxygens (including phenoxy) is 2. The smallest absolute Gasteiger partial charge is 0.427 e. The summed E-state index contributed by atoms with van der Waals surface area (Å²) in [6.45, 7) is 2.90. The summed E-state index contributed by atoms with van der Waals surface area (Å²) in [6.07, 6.45) is 4.39. The molecule has 0 fully saturated rings. The lowest BCUT2D eigenvalue weighted by atomic mass is 10.2. The van der Waals surface area contributed by atoms with Gasteiger partial charge < -0.3 is 9.47 Å². The van der Waals surface area contributed by atoms with Gasteiger partial charge in [-0.05, 0) is 36.2 Å². The van der Waals surface area contributed by atoms with Gasteiger partial charge in [0.1, 0.15) is 5.75 Å². The molecule has 0 aromatic heterocycles. The van der Waals surface area contributed by atoms with Gasteiger partial charge in [0.25, 0.3) is 0 Å². The molecule has 0 aliphatic carbocycles. The van der Waals surface area contributed by atoms with Crippen LogP contribution in [-0.2, 0) is 4.74 Å². The highest BCUT2D eigenvalue weighted by Gasteiger charge is 1.95. The average Bonchev–Trinajstić information content (AvgIpc) is 2.45. The van der Waals surface area contributed by atoms with Crippen LogP contribution in [0.1, 0.15) is 31.7 Å². The first-order chi connectivity index (χ1) is 9.26. The third-order valence-electron chi connectivity index (χ3n) is 2.45. The zero-order chi connectivity index (χ0) is 13.9. The molecule has 0 aliphatic rings. The van der Waals surface area contributed by atoms with E-state index in [0.29, 0.717) is 0 Å². The van der Waals surface area contributed by atoms with Crippen LogP contribution in [0.3, 0.4) is 0 Å². The number of hydrazone groups is 1. The Bertz CT molecular complexity index is 402. The quantitative estimate of drug-likeness (QED) is 0.468. The number of unbranched alkanes of at least 4 members (excludes halogenated alkanes) is 2. The summed E-state index contributed by atoms with van der Waals surface area (Å²) < 4.78 is 9.98. The van der Waals surface area contributed by atoms with Crippen molar-refractivity contribution in [2.24, 2.45) is 5.10 Å². The van der Waals surface area contributed by atoms with Crippen molar-refractivity contribution < 1.29 is 14.3 Å². The lowest BCUT2D eigenvalue weighted by Gasteiger charge is -2.05. The van der Waals surface area contributed by atoms with Gasteiger partial charge in [-0.2, -0.15) is 5.10 Å². The van der Waals surface area contributed by atoms with Crippen LogP contribution in [0.2, 0.25) is 0 Å². The van der Waals surface area contributed by atoms with Crippen LogP contribution in [0, 0.1) is 0 Å². The normalized spacial score (nSPS) is 10.4. The van der Waals surface area contributed by atoms with E-state index < -0.39 is 6.09 Å². The average molecular weight is 264 g/mol. The zero-order valence-electron chi connectivity index (χ0n) is 11.4. The van der Waals surface area contributed by atoms with Crippen LogP contribution in [0.5, 0.6) is 5.75 Å². The Balaban J connectivity index is 2.36. The fourth-order valence-corrected chi connectivity index (χ4v) is 1.40. The molecular formula is C14H20N2O3. The molecule has 0 radical (unpaired) electrons. The fraction of sp³-hybridized carbons (Fsp3) is 0.429. The third kappa shape index (κ3) is 6.45. The number of hydrogen-bond donors (Lipinski definition) is 1. The van der Waals surface area contributed by atoms with Crippen LogP contribution in [0.4, 0.5) is 4.79 Å². The molecule has 0 atom stereocenters. The second-order valence-electron chi connectivity index (χ2n) is 3.99. The molecule has 0 saturated carbocycles. The number of amides is 1. The molecule has 0 heterocycles. The van der Waals surface area contributed by atoms with Crippen LogP contribution >= 0.6 is 0 Å². The van der Waals surface area contributed by atoms with Gasteiger partial charge in [-0.25, -0.2) is 10.2 Å². The molecule has 5 nitrogen and oxygen atoms in total. The van der Waals surface area contributed by atoms with E-state index in [9.17, 15) is 4.79 Å². The van der Waals surface area contributed by atoms with Crippen molar-refractivity contribution in [3.05, 3.63) is 29.8 Å². The summed E-state index contributed by atoms with van der Waals surface area (Å²) in [6, 6.07) is 7.51. The molecule has 1 N–H and O–H groups in total. The van der Waals surface area contributed by atoms with Crippen molar-refractivity contribution in [3.63, 3.8) is 0 Å². The van der Waals surface area contributed by atoms with Crippen molar-refractivity contribution in [3.8, 4) is 5.75 Å². The fourth-order valence-electron chi connectivity index (χ4n) is 1.40. The number of nitrogens with one attached hydrogen (secondary N) is 1. The maximum absolute atomic E-state index is 10.8. The molecule has 104 valence electrons. The maximum atomic E-state index is 10.8. The van der Waals surface area contributed by atoms with Crippen molar-refractivity contribution in [2.45, 2.75) is 26.2 Å². The Morgan fingerprint density at radius 1 is 1.32 bits per heavy atom. The monoisotopic (exact) mass is 264 g/mol. The predicted molar refractivity (Wildman–Crippen MR) is 74.6 cm³/mol. The predicted octanol–water partition coefficient (Wildman–Crippen LogP) is 2.95. The first-order valence-electron chi connectivity index (χ1n) is 6.36. The molecule has 0 saturated heterocycles. The largest absolute Gasteiger partial charge is 0.494 e. The minimum absolute atomic E-state index is 0.591. The summed E-state index contributed by atoms with van der Waals surface area (Å²) in [7, 11) is 1.29. The molecule has 5 heteroatoms. The Morgan fingerprint density at radius 2 is 2.05 bits per heavy atom. The topological polar surface area (TPSA) is 59.9 Å². The van der Waals surface area contributed by atoms with Gasteiger partial charge in [-0.3, -0.25) is 0 Å². The van der Waals surface area contributed by atoms with Crippen LogP contribution < -0.4 is 10.2 Å². The number of rotatable bonds is 7. The number of benzene rings is 1. The van der Waals surface area contributed by atoms with Gasteiger partial charge in [0, 0.05) is 0 Å². The number of hydrogen-bond acceptors (Lipinski definition) is 4. The Hall–Kier alpha value is -2.04. The zero-order valence-corrected chi connectivity index (χ0v) is 11.4. The van der Waals surface area contributed by atoms with E-state index >= 15 is 0 Å². The van der Waals surface area contributed by atoms with Gasteiger partial charge >= 0.3 is 6.09 Å².